The summed E-state index contributed by atoms with van der Waals surface area (Å²) >= 11 is 0. The Kier molecular flexibility index (Phi) is 6.19. The van der Waals surface area contributed by atoms with Gasteiger partial charge in [0.25, 0.3) is 12.3 Å². The molecular formula is C28H28F4N6O. The molecule has 0 bridgehead atoms. The first-order valence-electron chi connectivity index (χ1n) is 13.1. The number of carbonyl (C=O) groups excluding carboxylic acids is 1. The van der Waals surface area contributed by atoms with Crippen molar-refractivity contribution in [3.63, 3.8) is 0 Å². The molecule has 1 atom stereocenters. The van der Waals surface area contributed by atoms with E-state index in [9.17, 15) is 22.4 Å². The normalized spacial score (nSPS) is 19.2. The van der Waals surface area contributed by atoms with E-state index in [-0.39, 0.29) is 18.4 Å². The van der Waals surface area contributed by atoms with Crippen molar-refractivity contribution in [2.24, 2.45) is 4.99 Å². The van der Waals surface area contributed by atoms with Gasteiger partial charge in [-0.2, -0.15) is 0 Å². The van der Waals surface area contributed by atoms with Crippen LogP contribution in [0.5, 0.6) is 0 Å². The van der Waals surface area contributed by atoms with Crippen LogP contribution in [0.15, 0.2) is 35.3 Å². The maximum Gasteiger partial charge on any atom is 0.266 e. The Labute approximate surface area is 222 Å². The topological polar surface area (TPSA) is 75.4 Å². The van der Waals surface area contributed by atoms with Crippen LogP contribution in [-0.2, 0) is 11.3 Å². The fourth-order valence-electron chi connectivity index (χ4n) is 5.41. The summed E-state index contributed by atoms with van der Waals surface area (Å²) < 4.78 is 57.9. The Bertz CT molecular complexity index is 1540. The van der Waals surface area contributed by atoms with Gasteiger partial charge in [0.1, 0.15) is 23.3 Å². The zero-order chi connectivity index (χ0) is 27.5. The molecule has 7 nitrogen and oxygen atoms in total. The molecule has 1 aromatic rings. The number of amides is 1. The second-order valence-corrected chi connectivity index (χ2v) is 10.4. The van der Waals surface area contributed by atoms with E-state index in [2.05, 4.69) is 24.8 Å². The summed E-state index contributed by atoms with van der Waals surface area (Å²) in [5.41, 5.74) is 0.640. The highest BCUT2D eigenvalue weighted by Gasteiger charge is 2.52. The minimum absolute atomic E-state index is 0.0639. The number of hydrogen-bond donors (Lipinski definition) is 1. The maximum absolute atomic E-state index is 14.9. The molecule has 0 spiro atoms. The summed E-state index contributed by atoms with van der Waals surface area (Å²) in [6.45, 7) is 5.51. The third-order valence-electron chi connectivity index (χ3n) is 7.69. The van der Waals surface area contributed by atoms with Crippen molar-refractivity contribution in [2.45, 2.75) is 57.8 Å². The van der Waals surface area contributed by atoms with Crippen LogP contribution in [-0.4, -0.2) is 50.6 Å². The van der Waals surface area contributed by atoms with Gasteiger partial charge in [-0.1, -0.05) is 24.3 Å². The molecule has 1 aromatic carbocycles. The lowest BCUT2D eigenvalue weighted by Gasteiger charge is -2.29. The Morgan fingerprint density at radius 3 is 2.62 bits per heavy atom. The summed E-state index contributed by atoms with van der Waals surface area (Å²) in [6.07, 6.45) is 0.164. The Morgan fingerprint density at radius 1 is 1.15 bits per heavy atom. The number of aromatic nitrogens is 3. The summed E-state index contributed by atoms with van der Waals surface area (Å²) in [4.78, 5) is 27.9. The van der Waals surface area contributed by atoms with Crippen molar-refractivity contribution < 1.29 is 22.4 Å². The number of hydrogen-bond acceptors (Lipinski definition) is 5. The van der Waals surface area contributed by atoms with Crippen LogP contribution in [0.2, 0.25) is 0 Å². The number of pyridine rings is 1. The van der Waals surface area contributed by atoms with Gasteiger partial charge in [-0.25, -0.2) is 27.5 Å². The van der Waals surface area contributed by atoms with Gasteiger partial charge >= 0.3 is 0 Å². The number of rotatable bonds is 5. The second kappa shape index (κ2) is 9.46. The van der Waals surface area contributed by atoms with Crippen LogP contribution in [0.4, 0.5) is 23.4 Å². The van der Waals surface area contributed by atoms with Crippen LogP contribution in [0.1, 0.15) is 61.2 Å². The monoisotopic (exact) mass is 540 g/mol. The number of anilines is 1. The number of carbonyl (C=O) groups is 1. The molecule has 0 aromatic heterocycles. The molecule has 5 aliphatic rings. The number of nitrogens with zero attached hydrogens (tertiary/aromatic N) is 5. The van der Waals surface area contributed by atoms with Gasteiger partial charge in [0.2, 0.25) is 0 Å². The van der Waals surface area contributed by atoms with Gasteiger partial charge in [-0.3, -0.25) is 9.79 Å². The molecule has 1 saturated carbocycles. The van der Waals surface area contributed by atoms with E-state index in [0.29, 0.717) is 55.3 Å². The standard InChI is InChI=1S/C28H28F4N6O/c1-15(18-4-3-5-19(22(18)29)23(30)31)34-24-21-14-20(25-33-10-13-38(25)26(21)36-16(2)35-24)17-6-11-37(12-7-17)27(39)28(32)8-9-28/h3-6,14-15,23,33H,7-13H2,1-2H3/t15-/m1/s1. The molecule has 4 aliphatic heterocycles. The number of fused-ring (bicyclic) bond motifs is 3. The summed E-state index contributed by atoms with van der Waals surface area (Å²) in [5, 5.41) is 3.43. The molecule has 1 fully saturated rings. The predicted octanol–water partition coefficient (Wildman–Crippen LogP) is 4.97. The van der Waals surface area contributed by atoms with Crippen molar-refractivity contribution in [1.29, 1.82) is 0 Å². The smallest absolute Gasteiger partial charge is 0.266 e. The van der Waals surface area contributed by atoms with Gasteiger partial charge in [-0.05, 0) is 44.7 Å². The molecule has 0 saturated heterocycles. The van der Waals surface area contributed by atoms with E-state index in [1.165, 1.54) is 12.1 Å². The summed E-state index contributed by atoms with van der Waals surface area (Å²) in [7, 11) is 0. The van der Waals surface area contributed by atoms with E-state index in [4.69, 9.17) is 0 Å². The lowest BCUT2D eigenvalue weighted by Crippen LogP contribution is -2.41. The van der Waals surface area contributed by atoms with Crippen molar-refractivity contribution in [3.8, 4) is 11.4 Å². The molecule has 1 N–H and O–H groups in total. The molecule has 0 unspecified atom stereocenters. The number of alkyl halides is 3. The third kappa shape index (κ3) is 4.47. The van der Waals surface area contributed by atoms with Gasteiger partial charge < -0.3 is 14.8 Å². The first-order chi connectivity index (χ1) is 18.7. The molecule has 204 valence electrons. The predicted molar refractivity (Wildman–Crippen MR) is 137 cm³/mol. The van der Waals surface area contributed by atoms with Crippen LogP contribution < -0.4 is 10.8 Å². The molecule has 6 rings (SSSR count). The quantitative estimate of drug-likeness (QED) is 0.464. The first kappa shape index (κ1) is 25.5. The molecule has 11 heteroatoms. The Hall–Kier alpha value is -3.76. The average Bonchev–Trinajstić information content (AvgIpc) is 3.47. The van der Waals surface area contributed by atoms with Gasteiger partial charge in [0.05, 0.1) is 17.2 Å². The van der Waals surface area contributed by atoms with E-state index in [1.807, 2.05) is 12.1 Å². The van der Waals surface area contributed by atoms with E-state index < -0.39 is 35.4 Å². The number of benzene rings is 1. The molecule has 39 heavy (non-hydrogen) atoms. The highest BCUT2D eigenvalue weighted by atomic mass is 19.3. The second-order valence-electron chi connectivity index (χ2n) is 10.4. The number of halogens is 4. The van der Waals surface area contributed by atoms with Crippen LogP contribution >= 0.6 is 0 Å². The van der Waals surface area contributed by atoms with E-state index >= 15 is 0 Å². The summed E-state index contributed by atoms with van der Waals surface area (Å²) in [6, 6.07) is 5.10. The minimum atomic E-state index is -2.93. The summed E-state index contributed by atoms with van der Waals surface area (Å²) in [5.74, 6) is 0.643. The minimum Gasteiger partial charge on any atom is -0.369 e. The van der Waals surface area contributed by atoms with Crippen molar-refractivity contribution >= 4 is 17.3 Å². The number of aryl methyl sites for hydroxylation is 1. The van der Waals surface area contributed by atoms with Gasteiger partial charge in [0, 0.05) is 37.3 Å². The molecular weight excluding hydrogens is 512 g/mol. The largest absolute Gasteiger partial charge is 0.369 e. The molecule has 1 amide bonds. The van der Waals surface area contributed by atoms with Crippen molar-refractivity contribution in [1.82, 2.24) is 19.4 Å². The Morgan fingerprint density at radius 2 is 1.92 bits per heavy atom. The van der Waals surface area contributed by atoms with Crippen molar-refractivity contribution in [2.75, 3.05) is 25.0 Å². The molecule has 4 heterocycles. The lowest BCUT2D eigenvalue weighted by molar-refractivity contribution is -0.137. The molecule has 0 radical (unpaired) electrons. The molecule has 1 aliphatic carbocycles. The van der Waals surface area contributed by atoms with E-state index in [1.54, 1.807) is 18.7 Å². The third-order valence-corrected chi connectivity index (χ3v) is 7.69. The maximum atomic E-state index is 14.9. The Balaban J connectivity index is 1.43. The van der Waals surface area contributed by atoms with Crippen LogP contribution in [0.25, 0.3) is 17.0 Å². The fraction of sp³-hybridized carbons (Fsp3) is 0.429. The van der Waals surface area contributed by atoms with Gasteiger partial charge in [-0.15, -0.1) is 0 Å². The SMILES string of the molecule is Cc1nc2n3c(c(C4=CCN(C(=O)C5(F)CC5)CC4)cc-2c(=N[C@H](C)c2cccc(C(F)F)c2F)n1)NCC3. The highest BCUT2D eigenvalue weighted by Crippen LogP contribution is 2.42. The van der Waals surface area contributed by atoms with Crippen LogP contribution in [0, 0.1) is 12.7 Å². The first-order valence-corrected chi connectivity index (χ1v) is 13.1. The van der Waals surface area contributed by atoms with E-state index in [0.717, 1.165) is 23.0 Å². The highest BCUT2D eigenvalue weighted by molar-refractivity contribution is 5.89. The van der Waals surface area contributed by atoms with Crippen molar-refractivity contribution in [3.05, 3.63) is 64.2 Å². The fourth-order valence-corrected chi connectivity index (χ4v) is 5.41. The lowest BCUT2D eigenvalue weighted by atomic mass is 9.97. The number of nitrogens with one attached hydrogen (secondary N) is 1. The van der Waals surface area contributed by atoms with Crippen LogP contribution in [0.3, 0.4) is 0 Å². The zero-order valence-electron chi connectivity index (χ0n) is 21.6. The zero-order valence-corrected chi connectivity index (χ0v) is 21.6. The van der Waals surface area contributed by atoms with Gasteiger partial charge in [0.15, 0.2) is 11.2 Å². The average molecular weight is 541 g/mol.